The molecule has 3 heterocycles. The first-order valence-corrected chi connectivity index (χ1v) is 9.35. The van der Waals surface area contributed by atoms with Gasteiger partial charge in [0.25, 0.3) is 0 Å². The molecule has 4 rings (SSSR count). The summed E-state index contributed by atoms with van der Waals surface area (Å²) in [6, 6.07) is 8.05. The number of hydrogen-bond donors (Lipinski definition) is 1. The highest BCUT2D eigenvalue weighted by molar-refractivity contribution is 7.07. The fourth-order valence-corrected chi connectivity index (χ4v) is 3.73. The highest BCUT2D eigenvalue weighted by Crippen LogP contribution is 2.32. The van der Waals surface area contributed by atoms with E-state index in [0.29, 0.717) is 6.54 Å². The van der Waals surface area contributed by atoms with Crippen molar-refractivity contribution in [3.05, 3.63) is 52.2 Å². The van der Waals surface area contributed by atoms with E-state index in [1.807, 2.05) is 18.2 Å². The molecule has 1 saturated heterocycles. The average Bonchev–Trinajstić information content (AvgIpc) is 3.25. The molecule has 1 unspecified atom stereocenters. The van der Waals surface area contributed by atoms with Gasteiger partial charge in [-0.05, 0) is 52.6 Å². The fraction of sp³-hybridized carbons (Fsp3) is 0.316. The van der Waals surface area contributed by atoms with Crippen molar-refractivity contribution in [2.45, 2.75) is 12.5 Å². The highest BCUT2D eigenvalue weighted by atomic mass is 32.1. The molecule has 0 aliphatic carbocycles. The molecule has 2 aromatic rings. The predicted molar refractivity (Wildman–Crippen MR) is 97.9 cm³/mol. The Morgan fingerprint density at radius 2 is 2.16 bits per heavy atom. The maximum atomic E-state index is 12.2. The molecule has 1 aromatic carbocycles. The van der Waals surface area contributed by atoms with E-state index in [9.17, 15) is 4.79 Å². The zero-order valence-corrected chi connectivity index (χ0v) is 14.6. The number of likely N-dealkylation sites (tertiary alicyclic amines) is 1. The first-order chi connectivity index (χ1) is 12.3. The van der Waals surface area contributed by atoms with Crippen LogP contribution in [-0.2, 0) is 4.79 Å². The molecule has 2 aliphatic heterocycles. The van der Waals surface area contributed by atoms with Gasteiger partial charge in [0.05, 0.1) is 6.04 Å². The van der Waals surface area contributed by atoms with Crippen LogP contribution >= 0.6 is 11.3 Å². The van der Waals surface area contributed by atoms with Crippen LogP contribution in [0.3, 0.4) is 0 Å². The van der Waals surface area contributed by atoms with Gasteiger partial charge in [0, 0.05) is 25.7 Å². The van der Waals surface area contributed by atoms with Gasteiger partial charge < -0.3 is 14.8 Å². The molecule has 5 nitrogen and oxygen atoms in total. The second-order valence-corrected chi connectivity index (χ2v) is 6.93. The Morgan fingerprint density at radius 1 is 1.28 bits per heavy atom. The number of fused-ring (bicyclic) bond motifs is 1. The van der Waals surface area contributed by atoms with Crippen molar-refractivity contribution in [1.29, 1.82) is 0 Å². The molecule has 1 fully saturated rings. The molecule has 6 heteroatoms. The third-order valence-electron chi connectivity index (χ3n) is 4.55. The Labute approximate surface area is 150 Å². The van der Waals surface area contributed by atoms with Crippen molar-refractivity contribution in [3.8, 4) is 11.5 Å². The first-order valence-electron chi connectivity index (χ1n) is 8.41. The minimum atomic E-state index is -0.0848. The number of benzene rings is 1. The normalized spacial score (nSPS) is 17.4. The lowest BCUT2D eigenvalue weighted by Crippen LogP contribution is -2.44. The van der Waals surface area contributed by atoms with Gasteiger partial charge in [0.1, 0.15) is 0 Å². The SMILES string of the molecule is O=C(/C=C/c1ccc2c(c1)OCO2)NCC(c1ccsc1)N1CCC1. The molecular weight excluding hydrogens is 336 g/mol. The minimum absolute atomic E-state index is 0.0848. The van der Waals surface area contributed by atoms with Crippen LogP contribution in [0.2, 0.25) is 0 Å². The molecule has 0 bridgehead atoms. The molecule has 130 valence electrons. The van der Waals surface area contributed by atoms with E-state index in [-0.39, 0.29) is 18.7 Å². The number of hydrogen-bond acceptors (Lipinski definition) is 5. The summed E-state index contributed by atoms with van der Waals surface area (Å²) in [5, 5.41) is 7.28. The van der Waals surface area contributed by atoms with Gasteiger partial charge in [-0.2, -0.15) is 11.3 Å². The highest BCUT2D eigenvalue weighted by Gasteiger charge is 2.25. The molecule has 2 aliphatic rings. The number of carbonyl (C=O) groups is 1. The molecule has 0 saturated carbocycles. The van der Waals surface area contributed by atoms with Gasteiger partial charge in [-0.1, -0.05) is 6.07 Å². The minimum Gasteiger partial charge on any atom is -0.454 e. The second kappa shape index (κ2) is 7.29. The summed E-state index contributed by atoms with van der Waals surface area (Å²) in [5.74, 6) is 1.38. The maximum absolute atomic E-state index is 12.2. The predicted octanol–water partition coefficient (Wildman–Crippen LogP) is 3.05. The van der Waals surface area contributed by atoms with Crippen molar-refractivity contribution >= 4 is 23.3 Å². The summed E-state index contributed by atoms with van der Waals surface area (Å²) in [6.07, 6.45) is 4.59. The smallest absolute Gasteiger partial charge is 0.244 e. The van der Waals surface area contributed by atoms with Gasteiger partial charge in [-0.15, -0.1) is 0 Å². The third-order valence-corrected chi connectivity index (χ3v) is 5.25. The molecular formula is C19H20N2O3S. The molecule has 1 atom stereocenters. The lowest BCUT2D eigenvalue weighted by atomic mass is 10.0. The van der Waals surface area contributed by atoms with Crippen LogP contribution in [0.4, 0.5) is 0 Å². The van der Waals surface area contributed by atoms with Gasteiger partial charge in [-0.25, -0.2) is 0 Å². The number of ether oxygens (including phenoxy) is 2. The zero-order chi connectivity index (χ0) is 17.1. The van der Waals surface area contributed by atoms with Gasteiger partial charge in [0.2, 0.25) is 12.7 Å². The largest absolute Gasteiger partial charge is 0.454 e. The summed E-state index contributed by atoms with van der Waals surface area (Å²) in [6.45, 7) is 3.08. The lowest BCUT2D eigenvalue weighted by molar-refractivity contribution is -0.116. The Hall–Kier alpha value is -2.31. The van der Waals surface area contributed by atoms with Crippen LogP contribution in [0.1, 0.15) is 23.6 Å². The number of amides is 1. The Balaban J connectivity index is 1.35. The fourth-order valence-electron chi connectivity index (χ4n) is 3.02. The molecule has 1 aromatic heterocycles. The standard InChI is InChI=1S/C19H20N2O3S/c22-19(5-3-14-2-4-17-18(10-14)24-13-23-17)20-11-16(21-7-1-8-21)15-6-9-25-12-15/h2-6,9-10,12,16H,1,7-8,11,13H2,(H,20,22)/b5-3+. The molecule has 25 heavy (non-hydrogen) atoms. The number of nitrogens with one attached hydrogen (secondary N) is 1. The lowest BCUT2D eigenvalue weighted by Gasteiger charge is -2.38. The number of thiophene rings is 1. The first kappa shape index (κ1) is 16.2. The maximum Gasteiger partial charge on any atom is 0.244 e. The van der Waals surface area contributed by atoms with E-state index in [4.69, 9.17) is 9.47 Å². The van der Waals surface area contributed by atoms with Crippen molar-refractivity contribution in [2.24, 2.45) is 0 Å². The summed E-state index contributed by atoms with van der Waals surface area (Å²) < 4.78 is 10.6. The summed E-state index contributed by atoms with van der Waals surface area (Å²) in [7, 11) is 0. The Kier molecular flexibility index (Phi) is 4.72. The van der Waals surface area contributed by atoms with E-state index in [2.05, 4.69) is 27.0 Å². The number of rotatable bonds is 6. The zero-order valence-electron chi connectivity index (χ0n) is 13.8. The number of carbonyl (C=O) groups excluding carboxylic acids is 1. The number of nitrogens with zero attached hydrogens (tertiary/aromatic N) is 1. The van der Waals surface area contributed by atoms with Gasteiger partial charge in [0.15, 0.2) is 11.5 Å². The second-order valence-electron chi connectivity index (χ2n) is 6.15. The van der Waals surface area contributed by atoms with Crippen LogP contribution in [0.15, 0.2) is 41.1 Å². The van der Waals surface area contributed by atoms with Gasteiger partial charge >= 0.3 is 0 Å². The van der Waals surface area contributed by atoms with Crippen LogP contribution in [0, 0.1) is 0 Å². The van der Waals surface area contributed by atoms with E-state index >= 15 is 0 Å². The molecule has 0 radical (unpaired) electrons. The van der Waals surface area contributed by atoms with Crippen LogP contribution in [0.5, 0.6) is 11.5 Å². The van der Waals surface area contributed by atoms with Crippen molar-refractivity contribution in [2.75, 3.05) is 26.4 Å². The third kappa shape index (κ3) is 3.70. The Bertz CT molecular complexity index is 769. The molecule has 1 amide bonds. The monoisotopic (exact) mass is 356 g/mol. The van der Waals surface area contributed by atoms with Crippen molar-refractivity contribution in [1.82, 2.24) is 10.2 Å². The van der Waals surface area contributed by atoms with Crippen molar-refractivity contribution < 1.29 is 14.3 Å². The summed E-state index contributed by atoms with van der Waals surface area (Å²) in [5.41, 5.74) is 2.20. The summed E-state index contributed by atoms with van der Waals surface area (Å²) >= 11 is 1.70. The van der Waals surface area contributed by atoms with Crippen molar-refractivity contribution in [3.63, 3.8) is 0 Å². The average molecular weight is 356 g/mol. The molecule has 1 N–H and O–H groups in total. The summed E-state index contributed by atoms with van der Waals surface area (Å²) in [4.78, 5) is 14.6. The van der Waals surface area contributed by atoms with E-state index < -0.39 is 0 Å². The van der Waals surface area contributed by atoms with E-state index in [1.54, 1.807) is 23.5 Å². The van der Waals surface area contributed by atoms with E-state index in [0.717, 1.165) is 30.2 Å². The van der Waals surface area contributed by atoms with Crippen LogP contribution in [0.25, 0.3) is 6.08 Å². The van der Waals surface area contributed by atoms with Crippen LogP contribution < -0.4 is 14.8 Å². The molecule has 0 spiro atoms. The van der Waals surface area contributed by atoms with E-state index in [1.165, 1.54) is 12.0 Å². The topological polar surface area (TPSA) is 50.8 Å². The van der Waals surface area contributed by atoms with Gasteiger partial charge in [-0.3, -0.25) is 9.69 Å². The Morgan fingerprint density at radius 3 is 2.92 bits per heavy atom. The quantitative estimate of drug-likeness (QED) is 0.809. The van der Waals surface area contributed by atoms with Crippen LogP contribution in [-0.4, -0.2) is 37.2 Å².